The zero-order valence-electron chi connectivity index (χ0n) is 13.6. The standard InChI is InChI=1S/C18H17Cl2FN2O2/c1-10(2)16(23-17(24)12-5-3-4-6-13(12)20)18(25)22-15-8-7-11(19)9-14(15)21/h3-10,16H,1-2H3,(H,22,25)(H,23,24)/t16-/m0/s1. The number of hydrogen-bond acceptors (Lipinski definition) is 2. The summed E-state index contributed by atoms with van der Waals surface area (Å²) in [6, 6.07) is 9.60. The number of nitrogens with one attached hydrogen (secondary N) is 2. The fourth-order valence-electron chi connectivity index (χ4n) is 2.20. The molecule has 0 spiro atoms. The molecule has 2 N–H and O–H groups in total. The highest BCUT2D eigenvalue weighted by atomic mass is 35.5. The monoisotopic (exact) mass is 382 g/mol. The molecule has 0 aliphatic carbocycles. The van der Waals surface area contributed by atoms with Crippen molar-refractivity contribution in [1.82, 2.24) is 5.32 Å². The average molecular weight is 383 g/mol. The average Bonchev–Trinajstić information content (AvgIpc) is 2.55. The largest absolute Gasteiger partial charge is 0.340 e. The van der Waals surface area contributed by atoms with Gasteiger partial charge in [-0.25, -0.2) is 4.39 Å². The van der Waals surface area contributed by atoms with Gasteiger partial charge in [0, 0.05) is 5.02 Å². The molecule has 1 atom stereocenters. The van der Waals surface area contributed by atoms with Gasteiger partial charge in [-0.2, -0.15) is 0 Å². The quantitative estimate of drug-likeness (QED) is 0.797. The summed E-state index contributed by atoms with van der Waals surface area (Å²) in [6.07, 6.45) is 0. The third kappa shape index (κ3) is 4.94. The van der Waals surface area contributed by atoms with Crippen molar-refractivity contribution in [3.63, 3.8) is 0 Å². The van der Waals surface area contributed by atoms with Gasteiger partial charge in [0.2, 0.25) is 5.91 Å². The van der Waals surface area contributed by atoms with Gasteiger partial charge in [0.05, 0.1) is 16.3 Å². The smallest absolute Gasteiger partial charge is 0.253 e. The molecule has 0 saturated carbocycles. The lowest BCUT2D eigenvalue weighted by Crippen LogP contribution is -2.47. The first kappa shape index (κ1) is 19.2. The van der Waals surface area contributed by atoms with Crippen LogP contribution >= 0.6 is 23.2 Å². The number of benzene rings is 2. The van der Waals surface area contributed by atoms with Crippen LogP contribution in [-0.2, 0) is 4.79 Å². The van der Waals surface area contributed by atoms with Crippen molar-refractivity contribution in [3.8, 4) is 0 Å². The molecule has 0 bridgehead atoms. The number of hydrogen-bond donors (Lipinski definition) is 2. The molecule has 0 heterocycles. The second kappa shape index (κ2) is 8.32. The van der Waals surface area contributed by atoms with Crippen LogP contribution in [0.1, 0.15) is 24.2 Å². The van der Waals surface area contributed by atoms with E-state index in [1.807, 2.05) is 0 Å². The third-order valence-electron chi connectivity index (χ3n) is 3.54. The van der Waals surface area contributed by atoms with Crippen LogP contribution < -0.4 is 10.6 Å². The number of anilines is 1. The van der Waals surface area contributed by atoms with Crippen molar-refractivity contribution in [3.05, 3.63) is 63.9 Å². The van der Waals surface area contributed by atoms with E-state index < -0.39 is 23.7 Å². The zero-order valence-corrected chi connectivity index (χ0v) is 15.2. The molecule has 4 nitrogen and oxygen atoms in total. The molecular formula is C18H17Cl2FN2O2. The van der Waals surface area contributed by atoms with Crippen molar-refractivity contribution < 1.29 is 14.0 Å². The Hall–Kier alpha value is -2.11. The molecule has 0 aromatic heterocycles. The summed E-state index contributed by atoms with van der Waals surface area (Å²) in [7, 11) is 0. The Labute approximate surface area is 155 Å². The number of carbonyl (C=O) groups excluding carboxylic acids is 2. The lowest BCUT2D eigenvalue weighted by Gasteiger charge is -2.22. The third-order valence-corrected chi connectivity index (χ3v) is 4.11. The van der Waals surface area contributed by atoms with E-state index in [-0.39, 0.29) is 27.2 Å². The van der Waals surface area contributed by atoms with Gasteiger partial charge in [-0.05, 0) is 36.2 Å². The molecular weight excluding hydrogens is 366 g/mol. The summed E-state index contributed by atoms with van der Waals surface area (Å²) < 4.78 is 13.9. The fourth-order valence-corrected chi connectivity index (χ4v) is 2.58. The molecule has 0 saturated heterocycles. The van der Waals surface area contributed by atoms with Crippen LogP contribution in [0.2, 0.25) is 10.0 Å². The van der Waals surface area contributed by atoms with E-state index in [1.54, 1.807) is 38.1 Å². The number of halogens is 3. The van der Waals surface area contributed by atoms with E-state index >= 15 is 0 Å². The van der Waals surface area contributed by atoms with Gasteiger partial charge < -0.3 is 10.6 Å². The van der Waals surface area contributed by atoms with Gasteiger partial charge in [0.15, 0.2) is 0 Å². The van der Waals surface area contributed by atoms with Crippen molar-refractivity contribution >= 4 is 40.7 Å². The molecule has 0 unspecified atom stereocenters. The van der Waals surface area contributed by atoms with Crippen molar-refractivity contribution in [2.24, 2.45) is 5.92 Å². The summed E-state index contributed by atoms with van der Waals surface area (Å²) >= 11 is 11.7. The normalized spacial score (nSPS) is 11.9. The lowest BCUT2D eigenvalue weighted by atomic mass is 10.0. The Morgan fingerprint density at radius 1 is 1.08 bits per heavy atom. The molecule has 2 aromatic carbocycles. The second-order valence-electron chi connectivity index (χ2n) is 5.79. The van der Waals surface area contributed by atoms with Crippen LogP contribution in [-0.4, -0.2) is 17.9 Å². The van der Waals surface area contributed by atoms with Gasteiger partial charge in [-0.3, -0.25) is 9.59 Å². The Morgan fingerprint density at radius 3 is 2.36 bits per heavy atom. The van der Waals surface area contributed by atoms with E-state index in [4.69, 9.17) is 23.2 Å². The predicted molar refractivity (Wildman–Crippen MR) is 97.6 cm³/mol. The fraction of sp³-hybridized carbons (Fsp3) is 0.222. The van der Waals surface area contributed by atoms with Crippen LogP contribution in [0.25, 0.3) is 0 Å². The van der Waals surface area contributed by atoms with Gasteiger partial charge in [0.25, 0.3) is 5.91 Å². The van der Waals surface area contributed by atoms with E-state index in [0.717, 1.165) is 6.07 Å². The molecule has 2 aromatic rings. The summed E-state index contributed by atoms with van der Waals surface area (Å²) in [4.78, 5) is 24.9. The van der Waals surface area contributed by atoms with E-state index in [2.05, 4.69) is 10.6 Å². The minimum absolute atomic E-state index is 0.00737. The highest BCUT2D eigenvalue weighted by Gasteiger charge is 2.26. The zero-order chi connectivity index (χ0) is 18.6. The van der Waals surface area contributed by atoms with E-state index in [0.29, 0.717) is 0 Å². The maximum atomic E-state index is 13.9. The highest BCUT2D eigenvalue weighted by Crippen LogP contribution is 2.20. The second-order valence-corrected chi connectivity index (χ2v) is 6.63. The van der Waals surface area contributed by atoms with Crippen LogP contribution in [0.5, 0.6) is 0 Å². The van der Waals surface area contributed by atoms with Crippen LogP contribution in [0, 0.1) is 11.7 Å². The molecule has 25 heavy (non-hydrogen) atoms. The molecule has 0 radical (unpaired) electrons. The lowest BCUT2D eigenvalue weighted by molar-refractivity contribution is -0.118. The Morgan fingerprint density at radius 2 is 1.76 bits per heavy atom. The molecule has 2 amide bonds. The van der Waals surface area contributed by atoms with Crippen molar-refractivity contribution in [2.45, 2.75) is 19.9 Å². The SMILES string of the molecule is CC(C)[C@H](NC(=O)c1ccccc1Cl)C(=O)Nc1ccc(Cl)cc1F. The Balaban J connectivity index is 2.16. The maximum Gasteiger partial charge on any atom is 0.253 e. The molecule has 132 valence electrons. The van der Waals surface area contributed by atoms with E-state index in [1.165, 1.54) is 12.1 Å². The molecule has 2 rings (SSSR count). The summed E-state index contributed by atoms with van der Waals surface area (Å²) in [5, 5.41) is 5.62. The molecule has 0 fully saturated rings. The van der Waals surface area contributed by atoms with Crippen LogP contribution in [0.3, 0.4) is 0 Å². The Bertz CT molecular complexity index is 796. The first-order valence-electron chi connectivity index (χ1n) is 7.61. The summed E-state index contributed by atoms with van der Waals surface area (Å²) in [5.74, 6) is -1.88. The number of amides is 2. The van der Waals surface area contributed by atoms with Crippen LogP contribution in [0.4, 0.5) is 10.1 Å². The summed E-state index contributed by atoms with van der Waals surface area (Å²) in [6.45, 7) is 3.55. The van der Waals surface area contributed by atoms with Crippen molar-refractivity contribution in [2.75, 3.05) is 5.32 Å². The maximum absolute atomic E-state index is 13.9. The first-order valence-corrected chi connectivity index (χ1v) is 8.36. The minimum Gasteiger partial charge on any atom is -0.340 e. The van der Waals surface area contributed by atoms with Crippen molar-refractivity contribution in [1.29, 1.82) is 0 Å². The topological polar surface area (TPSA) is 58.2 Å². The van der Waals surface area contributed by atoms with Crippen LogP contribution in [0.15, 0.2) is 42.5 Å². The minimum atomic E-state index is -0.862. The molecule has 7 heteroatoms. The number of carbonyl (C=O) groups is 2. The molecule has 0 aliphatic rings. The first-order chi connectivity index (χ1) is 11.8. The predicted octanol–water partition coefficient (Wildman–Crippen LogP) is 4.53. The highest BCUT2D eigenvalue weighted by molar-refractivity contribution is 6.33. The summed E-state index contributed by atoms with van der Waals surface area (Å²) in [5.41, 5.74) is 0.257. The molecule has 0 aliphatic heterocycles. The van der Waals surface area contributed by atoms with E-state index in [9.17, 15) is 14.0 Å². The Kier molecular flexibility index (Phi) is 6.39. The number of rotatable bonds is 5. The van der Waals surface area contributed by atoms with Gasteiger partial charge >= 0.3 is 0 Å². The van der Waals surface area contributed by atoms with Gasteiger partial charge in [-0.15, -0.1) is 0 Å². The van der Waals surface area contributed by atoms with Gasteiger partial charge in [-0.1, -0.05) is 49.2 Å². The van der Waals surface area contributed by atoms with Gasteiger partial charge in [0.1, 0.15) is 11.9 Å².